The van der Waals surface area contributed by atoms with Crippen LogP contribution in [0.3, 0.4) is 0 Å². The number of rotatable bonds is 42. The van der Waals surface area contributed by atoms with Crippen molar-refractivity contribution in [3.05, 3.63) is 97.2 Å². The molecule has 0 aromatic carbocycles. The number of phosphoric acid groups is 1. The fourth-order valence-corrected chi connectivity index (χ4v) is 6.51. The van der Waals surface area contributed by atoms with Crippen molar-refractivity contribution in [1.29, 1.82) is 0 Å². The number of nitrogens with two attached hydrogens (primary N) is 1. The minimum Gasteiger partial charge on any atom is -0.480 e. The van der Waals surface area contributed by atoms with E-state index >= 15 is 0 Å². The molecular weight excluding hydrogens is 822 g/mol. The van der Waals surface area contributed by atoms with Gasteiger partial charge in [-0.1, -0.05) is 169 Å². The lowest BCUT2D eigenvalue weighted by Gasteiger charge is -2.20. The molecule has 0 amide bonds. The van der Waals surface area contributed by atoms with E-state index in [9.17, 15) is 28.9 Å². The molecule has 0 aliphatic rings. The van der Waals surface area contributed by atoms with Crippen LogP contribution in [0, 0.1) is 0 Å². The molecule has 0 radical (unpaired) electrons. The summed E-state index contributed by atoms with van der Waals surface area (Å²) in [5.74, 6) is -2.60. The number of carbonyl (C=O) groups is 3. The largest absolute Gasteiger partial charge is 0.480 e. The zero-order valence-electron chi connectivity index (χ0n) is 38.5. The van der Waals surface area contributed by atoms with Gasteiger partial charge in [-0.3, -0.25) is 23.4 Å². The van der Waals surface area contributed by atoms with Gasteiger partial charge in [-0.05, 0) is 77.0 Å². The lowest BCUT2D eigenvalue weighted by Crippen LogP contribution is -2.34. The van der Waals surface area contributed by atoms with Crippen LogP contribution in [0.4, 0.5) is 0 Å². The Morgan fingerprint density at radius 3 is 1.71 bits per heavy atom. The van der Waals surface area contributed by atoms with Crippen LogP contribution in [0.25, 0.3) is 0 Å². The Hall–Kier alpha value is -3.64. The average molecular weight is 904 g/mol. The number of hydrogen-bond donors (Lipinski definition) is 4. The minimum absolute atomic E-state index is 0.0513. The summed E-state index contributed by atoms with van der Waals surface area (Å²) in [6.07, 6.45) is 52.1. The predicted octanol–water partition coefficient (Wildman–Crippen LogP) is 11.8. The van der Waals surface area contributed by atoms with Crippen molar-refractivity contribution in [2.75, 3.05) is 19.8 Å². The van der Waals surface area contributed by atoms with Gasteiger partial charge >= 0.3 is 25.7 Å². The first kappa shape index (κ1) is 59.4. The molecular formula is C50H82NO11P. The summed E-state index contributed by atoms with van der Waals surface area (Å²) < 4.78 is 32.6. The SMILES string of the molecule is CC/C=C\C/C=C\C/C=C\C/C=C\C=C/C(O)C/C=C\CCC(=O)O[C@H](COC(=O)CCCCCCCCCCC/C=C\C/C=C\CCCCC)COP(=O)(O)OC[C@H](N)C(=O)O. The summed E-state index contributed by atoms with van der Waals surface area (Å²) in [6, 6.07) is -1.56. The molecule has 0 rings (SSSR count). The normalized spacial score (nSPS) is 15.0. The molecule has 0 heterocycles. The molecule has 0 fully saturated rings. The lowest BCUT2D eigenvalue weighted by molar-refractivity contribution is -0.161. The van der Waals surface area contributed by atoms with Gasteiger partial charge in [-0.25, -0.2) is 4.57 Å². The van der Waals surface area contributed by atoms with Crippen LogP contribution >= 0.6 is 7.82 Å². The highest BCUT2D eigenvalue weighted by atomic mass is 31.2. The highest BCUT2D eigenvalue weighted by Gasteiger charge is 2.28. The molecule has 0 aromatic heterocycles. The molecule has 0 bridgehead atoms. The number of hydrogen-bond acceptors (Lipinski definition) is 10. The van der Waals surface area contributed by atoms with E-state index < -0.39 is 63.8 Å². The van der Waals surface area contributed by atoms with Crippen LogP contribution in [-0.4, -0.2) is 71.1 Å². The Bertz CT molecular complexity index is 1450. The van der Waals surface area contributed by atoms with E-state index in [1.807, 2.05) is 12.2 Å². The Kier molecular flexibility index (Phi) is 41.1. The van der Waals surface area contributed by atoms with Crippen LogP contribution in [-0.2, 0) is 37.5 Å². The van der Waals surface area contributed by atoms with Gasteiger partial charge in [-0.15, -0.1) is 0 Å². The highest BCUT2D eigenvalue weighted by Crippen LogP contribution is 2.43. The Morgan fingerprint density at radius 1 is 0.587 bits per heavy atom. The Labute approximate surface area is 379 Å². The first-order valence-corrected chi connectivity index (χ1v) is 24.9. The van der Waals surface area contributed by atoms with E-state index in [1.165, 1.54) is 57.8 Å². The van der Waals surface area contributed by atoms with Crippen LogP contribution in [0.2, 0.25) is 0 Å². The van der Waals surface area contributed by atoms with Crippen molar-refractivity contribution >= 4 is 25.7 Å². The Morgan fingerprint density at radius 2 is 1.11 bits per heavy atom. The second-order valence-corrected chi connectivity index (χ2v) is 16.8. The zero-order valence-corrected chi connectivity index (χ0v) is 39.4. The second-order valence-electron chi connectivity index (χ2n) is 15.4. The third kappa shape index (κ3) is 43.4. The second kappa shape index (κ2) is 43.6. The number of phosphoric ester groups is 1. The van der Waals surface area contributed by atoms with Crippen LogP contribution in [0.5, 0.6) is 0 Å². The summed E-state index contributed by atoms with van der Waals surface area (Å²) in [5, 5.41) is 19.1. The van der Waals surface area contributed by atoms with Gasteiger partial charge in [0.2, 0.25) is 0 Å². The van der Waals surface area contributed by atoms with Crippen molar-refractivity contribution < 1.29 is 52.6 Å². The summed E-state index contributed by atoms with van der Waals surface area (Å²) in [5.41, 5.74) is 5.33. The maximum Gasteiger partial charge on any atom is 0.472 e. The standard InChI is InChI=1S/C50H82NO11P/c1-3-5-7-9-11-13-15-17-18-19-20-21-22-24-26-28-30-32-36-40-48(53)59-42-46(43-60-63(57,58)61-44-47(51)50(55)56)62-49(54)41-37-33-35-39-45(52)38-34-31-29-27-25-23-16-14-12-10-8-6-4-2/h6,8,11-14,17-18,23,25,29,31,33-35,38,45-47,52H,3-5,7,9-10,15-16,19-22,24,26-28,30,32,36-37,39-44,51H2,1-2H3,(H,55,56)(H,57,58)/b8-6-,13-11-,14-12-,18-17-,25-23-,31-29-,35-33-,38-34-/t45?,46-,47+/m1/s1. The molecule has 0 aliphatic carbocycles. The highest BCUT2D eigenvalue weighted by molar-refractivity contribution is 7.47. The fraction of sp³-hybridized carbons (Fsp3) is 0.620. The number of aliphatic carboxylic acids is 1. The van der Waals surface area contributed by atoms with E-state index in [-0.39, 0.29) is 12.8 Å². The molecule has 0 saturated heterocycles. The van der Waals surface area contributed by atoms with Crippen molar-refractivity contribution in [2.24, 2.45) is 5.73 Å². The number of carbonyl (C=O) groups excluding carboxylic acids is 2. The van der Waals surface area contributed by atoms with Gasteiger partial charge in [0.25, 0.3) is 0 Å². The van der Waals surface area contributed by atoms with Gasteiger partial charge in [0.15, 0.2) is 6.10 Å². The number of esters is 2. The van der Waals surface area contributed by atoms with Gasteiger partial charge < -0.3 is 30.3 Å². The van der Waals surface area contributed by atoms with Crippen molar-refractivity contribution in [3.8, 4) is 0 Å². The van der Waals surface area contributed by atoms with Gasteiger partial charge in [0, 0.05) is 12.8 Å². The summed E-state index contributed by atoms with van der Waals surface area (Å²) in [6.45, 7) is 2.47. The third-order valence-electron chi connectivity index (χ3n) is 9.41. The van der Waals surface area contributed by atoms with E-state index in [2.05, 4.69) is 79.1 Å². The first-order chi connectivity index (χ1) is 30.5. The first-order valence-electron chi connectivity index (χ1n) is 23.4. The molecule has 5 N–H and O–H groups in total. The van der Waals surface area contributed by atoms with E-state index in [4.69, 9.17) is 24.8 Å². The van der Waals surface area contributed by atoms with Crippen LogP contribution in [0.15, 0.2) is 97.2 Å². The topological polar surface area (TPSA) is 192 Å². The average Bonchev–Trinajstić information content (AvgIpc) is 3.26. The lowest BCUT2D eigenvalue weighted by atomic mass is 10.1. The molecule has 12 nitrogen and oxygen atoms in total. The number of carboxylic acid groups (broad SMARTS) is 1. The number of aliphatic hydroxyl groups excluding tert-OH is 1. The van der Waals surface area contributed by atoms with E-state index in [1.54, 1.807) is 24.3 Å². The maximum atomic E-state index is 12.6. The molecule has 13 heteroatoms. The molecule has 358 valence electrons. The maximum absolute atomic E-state index is 12.6. The van der Waals surface area contributed by atoms with Crippen LogP contribution in [0.1, 0.15) is 162 Å². The predicted molar refractivity (Wildman–Crippen MR) is 255 cm³/mol. The smallest absolute Gasteiger partial charge is 0.472 e. The quantitative estimate of drug-likeness (QED) is 0.0149. The van der Waals surface area contributed by atoms with E-state index in [0.717, 1.165) is 57.8 Å². The summed E-state index contributed by atoms with van der Waals surface area (Å²) in [4.78, 5) is 46.1. The van der Waals surface area contributed by atoms with Crippen molar-refractivity contribution in [2.45, 2.75) is 180 Å². The van der Waals surface area contributed by atoms with Crippen molar-refractivity contribution in [3.63, 3.8) is 0 Å². The summed E-state index contributed by atoms with van der Waals surface area (Å²) >= 11 is 0. The zero-order chi connectivity index (χ0) is 46.5. The molecule has 2 unspecified atom stereocenters. The third-order valence-corrected chi connectivity index (χ3v) is 10.4. The van der Waals surface area contributed by atoms with E-state index in [0.29, 0.717) is 19.3 Å². The van der Waals surface area contributed by atoms with Gasteiger partial charge in [0.1, 0.15) is 12.6 Å². The molecule has 63 heavy (non-hydrogen) atoms. The minimum atomic E-state index is -4.78. The molecule has 0 aliphatic heterocycles. The molecule has 0 saturated carbocycles. The Balaban J connectivity index is 4.54. The summed E-state index contributed by atoms with van der Waals surface area (Å²) in [7, 11) is -4.78. The van der Waals surface area contributed by atoms with Gasteiger partial charge in [0.05, 0.1) is 19.3 Å². The monoisotopic (exact) mass is 904 g/mol. The fourth-order valence-electron chi connectivity index (χ4n) is 5.73. The number of carboxylic acids is 1. The molecule has 4 atom stereocenters. The number of aliphatic hydroxyl groups is 1. The van der Waals surface area contributed by atoms with Crippen LogP contribution < -0.4 is 5.73 Å². The van der Waals surface area contributed by atoms with Gasteiger partial charge in [-0.2, -0.15) is 0 Å². The number of unbranched alkanes of at least 4 members (excludes halogenated alkanes) is 12. The number of allylic oxidation sites excluding steroid dienone is 14. The number of ether oxygens (including phenoxy) is 2. The molecule has 0 aromatic rings. The van der Waals surface area contributed by atoms with Crippen molar-refractivity contribution in [1.82, 2.24) is 0 Å². The molecule has 0 spiro atoms.